The topological polar surface area (TPSA) is 92.1 Å². The van der Waals surface area contributed by atoms with Crippen molar-refractivity contribution in [2.45, 2.75) is 62.9 Å². The highest BCUT2D eigenvalue weighted by Crippen LogP contribution is 2.47. The molecule has 0 saturated carbocycles. The number of alkyl halides is 6. The van der Waals surface area contributed by atoms with Crippen LogP contribution in [0.4, 0.5) is 26.3 Å². The first-order valence-corrected chi connectivity index (χ1v) is 16.2. The predicted molar refractivity (Wildman–Crippen MR) is 146 cm³/mol. The van der Waals surface area contributed by atoms with Gasteiger partial charge in [-0.05, 0) is 61.0 Å². The highest BCUT2D eigenvalue weighted by Gasteiger charge is 2.57. The largest absolute Gasteiger partial charge is 0.502 e. The van der Waals surface area contributed by atoms with Crippen molar-refractivity contribution in [3.63, 3.8) is 0 Å². The zero-order valence-electron chi connectivity index (χ0n) is 22.7. The molecule has 1 saturated heterocycles. The molecule has 1 aliphatic heterocycles. The van der Waals surface area contributed by atoms with E-state index < -0.39 is 51.8 Å². The molecule has 3 aliphatic rings. The normalized spacial score (nSPS) is 19.1. The van der Waals surface area contributed by atoms with Crippen LogP contribution >= 0.6 is 0 Å². The van der Waals surface area contributed by atoms with Crippen molar-refractivity contribution in [3.8, 4) is 0 Å². The summed E-state index contributed by atoms with van der Waals surface area (Å²) < 4.78 is 127. The van der Waals surface area contributed by atoms with Gasteiger partial charge in [0.25, 0.3) is 19.7 Å². The summed E-state index contributed by atoms with van der Waals surface area (Å²) >= 11 is 0. The summed E-state index contributed by atoms with van der Waals surface area (Å²) in [6, 6.07) is 5.69. The average molecular weight is 628 g/mol. The minimum Gasteiger partial charge on any atom is -0.326 e. The van der Waals surface area contributed by atoms with Gasteiger partial charge in [0, 0.05) is 5.57 Å². The van der Waals surface area contributed by atoms with Crippen molar-refractivity contribution in [2.75, 3.05) is 26.7 Å². The summed E-state index contributed by atoms with van der Waals surface area (Å²) in [5, 5.41) is 7.82. The first-order valence-electron chi connectivity index (χ1n) is 13.2. The van der Waals surface area contributed by atoms with E-state index >= 15 is 0 Å². The van der Waals surface area contributed by atoms with Crippen molar-refractivity contribution < 1.29 is 47.7 Å². The van der Waals surface area contributed by atoms with Gasteiger partial charge in [-0.15, -0.1) is 0 Å². The monoisotopic (exact) mass is 627 g/mol. The lowest BCUT2D eigenvalue weighted by Crippen LogP contribution is -2.48. The van der Waals surface area contributed by atoms with Crippen LogP contribution in [0.15, 0.2) is 45.7 Å². The number of piperidine rings is 1. The standard InChI is InChI=1S/C15H7F6NO4S2.C12H26N/c16-14(17,18)27(23,24)11-6-9-8-4-2-1-3-7(8)5-10(9)12(22)13(11)28(25,26)15(19,20)21;1-3-4-5-7-10-13(2)11-8-6-9-12-13/h1-6,22H;3-12H2,1-2H3/q;+1. The molecule has 0 amide bonds. The van der Waals surface area contributed by atoms with Crippen LogP contribution in [0.3, 0.4) is 0 Å². The fraction of sp³-hybridized carbons (Fsp3) is 0.519. The van der Waals surface area contributed by atoms with Crippen molar-refractivity contribution >= 4 is 37.0 Å². The molecule has 0 bridgehead atoms. The molecule has 0 aromatic heterocycles. The first kappa shape index (κ1) is 33.1. The van der Waals surface area contributed by atoms with Gasteiger partial charge in [-0.25, -0.2) is 16.8 Å². The Morgan fingerprint density at radius 3 is 1.95 bits per heavy atom. The Morgan fingerprint density at radius 1 is 0.805 bits per heavy atom. The van der Waals surface area contributed by atoms with Gasteiger partial charge in [-0.2, -0.15) is 26.3 Å². The van der Waals surface area contributed by atoms with E-state index in [2.05, 4.69) is 14.0 Å². The number of nitrogens with zero attached hydrogens (tertiary/aromatic N) is 1. The van der Waals surface area contributed by atoms with Crippen molar-refractivity contribution in [1.29, 1.82) is 5.41 Å². The molecule has 1 heterocycles. The highest BCUT2D eigenvalue weighted by molar-refractivity contribution is 8.00. The van der Waals surface area contributed by atoms with Gasteiger partial charge in [0.05, 0.1) is 37.3 Å². The number of hydrogen-bond acceptors (Lipinski definition) is 5. The van der Waals surface area contributed by atoms with Gasteiger partial charge in [-0.1, -0.05) is 44.0 Å². The molecule has 41 heavy (non-hydrogen) atoms. The third-order valence-corrected chi connectivity index (χ3v) is 10.7. The number of fused-ring (bicyclic) bond motifs is 3. The molecule has 228 valence electrons. The van der Waals surface area contributed by atoms with Gasteiger partial charge in [0.2, 0.25) is 0 Å². The van der Waals surface area contributed by atoms with Crippen LogP contribution in [0.2, 0.25) is 0 Å². The molecule has 0 radical (unpaired) electrons. The van der Waals surface area contributed by atoms with Gasteiger partial charge >= 0.3 is 11.0 Å². The summed E-state index contributed by atoms with van der Waals surface area (Å²) in [5.74, 6) is 0. The van der Waals surface area contributed by atoms with E-state index in [-0.39, 0.29) is 22.8 Å². The molecule has 4 rings (SSSR count). The lowest BCUT2D eigenvalue weighted by molar-refractivity contribution is -0.914. The Kier molecular flexibility index (Phi) is 9.71. The fourth-order valence-corrected chi connectivity index (χ4v) is 7.64. The smallest absolute Gasteiger partial charge is 0.326 e. The molecule has 1 fully saturated rings. The third-order valence-electron chi connectivity index (χ3n) is 7.45. The lowest BCUT2D eigenvalue weighted by atomic mass is 9.95. The summed E-state index contributed by atoms with van der Waals surface area (Å²) in [6.07, 6.45) is 11.4. The maximum Gasteiger partial charge on any atom is 0.502 e. The summed E-state index contributed by atoms with van der Waals surface area (Å²) in [7, 11) is -10.6. The molecule has 1 aromatic carbocycles. The number of allylic oxidation sites excluding steroid dienone is 4. The van der Waals surface area contributed by atoms with E-state index in [1.54, 1.807) is 0 Å². The molecule has 0 atom stereocenters. The quantitative estimate of drug-likeness (QED) is 0.205. The molecule has 0 spiro atoms. The van der Waals surface area contributed by atoms with Gasteiger partial charge < -0.3 is 4.48 Å². The highest BCUT2D eigenvalue weighted by atomic mass is 32.2. The van der Waals surface area contributed by atoms with Crippen LogP contribution in [0.1, 0.15) is 63.0 Å². The molecule has 1 N–H and O–H groups in total. The average Bonchev–Trinajstić information content (AvgIpc) is 3.25. The second-order valence-electron chi connectivity index (χ2n) is 10.6. The number of halogens is 6. The SMILES string of the molecule is CCCCCC[N+]1(C)CCCCC1.N=C1C2=Cc3ccccc3C2=CC(S(=O)(=O)C(F)(F)F)=C1S(=O)(=O)C(F)(F)F. The number of hydrogen-bond donors (Lipinski definition) is 1. The van der Waals surface area contributed by atoms with Crippen LogP contribution in [-0.2, 0) is 19.7 Å². The van der Waals surface area contributed by atoms with Crippen LogP contribution in [0.5, 0.6) is 0 Å². The first-order chi connectivity index (χ1) is 18.9. The molecule has 14 heteroatoms. The minimum atomic E-state index is -6.58. The second-order valence-corrected chi connectivity index (χ2v) is 14.4. The predicted octanol–water partition coefficient (Wildman–Crippen LogP) is 6.78. The number of sulfone groups is 2. The summed E-state index contributed by atoms with van der Waals surface area (Å²) in [4.78, 5) is -4.38. The maximum absolute atomic E-state index is 13.0. The number of quaternary nitrogens is 1. The van der Waals surface area contributed by atoms with Gasteiger partial charge in [0.15, 0.2) is 0 Å². The van der Waals surface area contributed by atoms with E-state index in [9.17, 15) is 43.2 Å². The van der Waals surface area contributed by atoms with Crippen LogP contribution in [0, 0.1) is 5.41 Å². The van der Waals surface area contributed by atoms with Gasteiger partial charge in [0.1, 0.15) is 4.91 Å². The van der Waals surface area contributed by atoms with Crippen molar-refractivity contribution in [3.05, 3.63) is 56.9 Å². The molecule has 6 nitrogen and oxygen atoms in total. The second kappa shape index (κ2) is 12.0. The van der Waals surface area contributed by atoms with Crippen LogP contribution in [-0.4, -0.2) is 64.7 Å². The fourth-order valence-electron chi connectivity index (χ4n) is 5.18. The Balaban J connectivity index is 0.000000298. The van der Waals surface area contributed by atoms with E-state index in [0.29, 0.717) is 0 Å². The summed E-state index contributed by atoms with van der Waals surface area (Å²) in [6.45, 7) is 6.59. The number of nitrogens with one attached hydrogen (secondary N) is 1. The van der Waals surface area contributed by atoms with Crippen molar-refractivity contribution in [2.24, 2.45) is 0 Å². The Hall–Kier alpha value is -2.45. The Morgan fingerprint density at radius 2 is 1.39 bits per heavy atom. The number of benzene rings is 1. The van der Waals surface area contributed by atoms with E-state index in [1.165, 1.54) is 93.3 Å². The molecule has 0 unspecified atom stereocenters. The number of rotatable bonds is 7. The van der Waals surface area contributed by atoms with Crippen LogP contribution < -0.4 is 0 Å². The maximum atomic E-state index is 13.0. The molecular weight excluding hydrogens is 594 g/mol. The third kappa shape index (κ3) is 6.80. The van der Waals surface area contributed by atoms with Crippen molar-refractivity contribution in [1.82, 2.24) is 0 Å². The number of unbranched alkanes of at least 4 members (excludes halogenated alkanes) is 3. The number of likely N-dealkylation sites (tertiary alicyclic amines) is 1. The summed E-state index contributed by atoms with van der Waals surface area (Å²) in [5.41, 5.74) is -13.9. The van der Waals surface area contributed by atoms with E-state index in [4.69, 9.17) is 5.41 Å². The molecule has 2 aliphatic carbocycles. The zero-order valence-corrected chi connectivity index (χ0v) is 24.3. The Labute approximate surface area is 236 Å². The Bertz CT molecular complexity index is 1480. The van der Waals surface area contributed by atoms with E-state index in [1.807, 2.05) is 0 Å². The molecule has 1 aromatic rings. The zero-order chi connectivity index (χ0) is 30.9. The van der Waals surface area contributed by atoms with Crippen LogP contribution in [0.25, 0.3) is 11.6 Å². The molecular formula is C27H33F6N2O4S2+. The van der Waals surface area contributed by atoms with Gasteiger partial charge in [-0.3, -0.25) is 5.41 Å². The minimum absolute atomic E-state index is 0.153. The van der Waals surface area contributed by atoms with E-state index in [0.717, 1.165) is 6.08 Å². The lowest BCUT2D eigenvalue weighted by Gasteiger charge is -2.37.